The van der Waals surface area contributed by atoms with Crippen molar-refractivity contribution in [3.63, 3.8) is 0 Å². The van der Waals surface area contributed by atoms with Crippen LogP contribution in [0.5, 0.6) is 0 Å². The summed E-state index contributed by atoms with van der Waals surface area (Å²) in [6.07, 6.45) is 0.938. The lowest BCUT2D eigenvalue weighted by Crippen LogP contribution is -1.95. The molecule has 53 valence electrons. The summed E-state index contributed by atoms with van der Waals surface area (Å²) < 4.78 is 19.4. The van der Waals surface area contributed by atoms with Crippen molar-refractivity contribution < 1.29 is 13.7 Å². The highest BCUT2D eigenvalue weighted by Gasteiger charge is 2.12. The average Bonchev–Trinajstić information content (AvgIpc) is 1.98. The zero-order valence-corrected chi connectivity index (χ0v) is 6.84. The van der Waals surface area contributed by atoms with Gasteiger partial charge < -0.3 is 4.74 Å². The summed E-state index contributed by atoms with van der Waals surface area (Å²) in [5.74, 6) is 0. The minimum absolute atomic E-state index is 0.0830. The molecule has 0 heterocycles. The van der Waals surface area contributed by atoms with Crippen LogP contribution in [0.25, 0.3) is 0 Å². The summed E-state index contributed by atoms with van der Waals surface area (Å²) in [4.78, 5) is 0. The van der Waals surface area contributed by atoms with Crippen molar-refractivity contribution in [3.8, 4) is 0 Å². The van der Waals surface area contributed by atoms with Crippen LogP contribution in [0.15, 0.2) is 0 Å². The second kappa shape index (κ2) is 7.26. The molecule has 1 atom stereocenters. The van der Waals surface area contributed by atoms with E-state index in [0.29, 0.717) is 6.61 Å². The summed E-state index contributed by atoms with van der Waals surface area (Å²) in [7, 11) is 4.78. The molecule has 0 aliphatic carbocycles. The Balaban J connectivity index is 2.96. The second-order valence-corrected chi connectivity index (χ2v) is 2.81. The van der Waals surface area contributed by atoms with E-state index in [-0.39, 0.29) is 6.35 Å². The average molecular weight is 158 g/mol. The number of hydrogen-bond donors (Lipinski definition) is 0. The predicted molar refractivity (Wildman–Crippen MR) is 41.7 cm³/mol. The largest absolute Gasteiger partial charge is 0.519 e. The summed E-state index contributed by atoms with van der Waals surface area (Å²) in [6, 6.07) is 0. The van der Waals surface area contributed by atoms with Gasteiger partial charge in [-0.25, -0.2) is 4.44 Å². The molecule has 10 heavy (non-hydrogen) atoms. The maximum atomic E-state index is 10.4. The lowest BCUT2D eigenvalue weighted by molar-refractivity contribution is 0.188. The normalized spacial score (nSPS) is 11.1. The van der Waals surface area contributed by atoms with E-state index >= 15 is 0 Å². The summed E-state index contributed by atoms with van der Waals surface area (Å²) in [6.45, 7) is 2.50. The first-order valence-electron chi connectivity index (χ1n) is 2.98. The third kappa shape index (κ3) is 6.27. The zero-order chi connectivity index (χ0) is 7.82. The SMILES string of the molecule is [B]O[P+](=O)COCC[B]C. The van der Waals surface area contributed by atoms with Gasteiger partial charge in [0, 0.05) is 6.61 Å². The molecule has 0 aromatic carbocycles. The molecule has 0 N–H and O–H groups in total. The topological polar surface area (TPSA) is 35.5 Å². The molecule has 0 aromatic rings. The Morgan fingerprint density at radius 2 is 2.40 bits per heavy atom. The first kappa shape index (κ1) is 10.1. The molecule has 0 aromatic heterocycles. The van der Waals surface area contributed by atoms with Crippen molar-refractivity contribution in [1.82, 2.24) is 0 Å². The van der Waals surface area contributed by atoms with E-state index in [1.165, 1.54) is 0 Å². The van der Waals surface area contributed by atoms with Crippen molar-refractivity contribution in [2.45, 2.75) is 13.1 Å². The molecular formula is C4H9B2O3P+. The van der Waals surface area contributed by atoms with Gasteiger partial charge in [-0.1, -0.05) is 13.1 Å². The lowest BCUT2D eigenvalue weighted by Gasteiger charge is -1.92. The van der Waals surface area contributed by atoms with Crippen molar-refractivity contribution in [2.24, 2.45) is 0 Å². The minimum atomic E-state index is -1.80. The Hall–Kier alpha value is 0.150. The molecule has 0 fully saturated rings. The standard InChI is InChI=1S/C4H9B2O3P/c1-6-2-3-8-4-10(7)9-5/h2-4H2,1H3/q+1. The van der Waals surface area contributed by atoms with Crippen LogP contribution in [0.3, 0.4) is 0 Å². The van der Waals surface area contributed by atoms with Gasteiger partial charge in [-0.15, -0.1) is 0 Å². The van der Waals surface area contributed by atoms with Crippen molar-refractivity contribution in [1.29, 1.82) is 0 Å². The summed E-state index contributed by atoms with van der Waals surface area (Å²) in [5.41, 5.74) is 0. The molecule has 0 aliphatic rings. The highest BCUT2D eigenvalue weighted by Crippen LogP contribution is 2.18. The van der Waals surface area contributed by atoms with Gasteiger partial charge in [0.2, 0.25) is 0 Å². The van der Waals surface area contributed by atoms with Crippen LogP contribution in [0.4, 0.5) is 0 Å². The van der Waals surface area contributed by atoms with E-state index in [0.717, 1.165) is 6.32 Å². The van der Waals surface area contributed by atoms with E-state index in [1.54, 1.807) is 0 Å². The molecule has 6 heteroatoms. The van der Waals surface area contributed by atoms with E-state index in [1.807, 2.05) is 14.1 Å². The fraction of sp³-hybridized carbons (Fsp3) is 1.00. The van der Waals surface area contributed by atoms with Crippen LogP contribution < -0.4 is 0 Å². The van der Waals surface area contributed by atoms with Crippen molar-refractivity contribution in [3.05, 3.63) is 0 Å². The third-order valence-electron chi connectivity index (χ3n) is 0.865. The highest BCUT2D eigenvalue weighted by atomic mass is 31.1. The predicted octanol–water partition coefficient (Wildman–Crippen LogP) is 0.974. The molecular weight excluding hydrogens is 149 g/mol. The van der Waals surface area contributed by atoms with Gasteiger partial charge in [-0.05, 0) is 4.57 Å². The molecule has 0 saturated heterocycles. The van der Waals surface area contributed by atoms with E-state index in [4.69, 9.17) is 4.74 Å². The molecule has 0 amide bonds. The monoisotopic (exact) mass is 158 g/mol. The molecule has 0 spiro atoms. The second-order valence-electron chi connectivity index (χ2n) is 1.67. The zero-order valence-electron chi connectivity index (χ0n) is 5.95. The highest BCUT2D eigenvalue weighted by molar-refractivity contribution is 7.39. The first-order chi connectivity index (χ1) is 4.81. The Bertz CT molecular complexity index is 101. The van der Waals surface area contributed by atoms with Gasteiger partial charge in [0.1, 0.15) is 7.28 Å². The van der Waals surface area contributed by atoms with E-state index in [9.17, 15) is 4.57 Å². The quantitative estimate of drug-likeness (QED) is 0.328. The van der Waals surface area contributed by atoms with E-state index in [2.05, 4.69) is 12.5 Å². The Morgan fingerprint density at radius 3 is 2.90 bits per heavy atom. The fourth-order valence-electron chi connectivity index (χ4n) is 0.371. The van der Waals surface area contributed by atoms with Crippen molar-refractivity contribution in [2.75, 3.05) is 13.0 Å². The van der Waals surface area contributed by atoms with Gasteiger partial charge in [-0.2, -0.15) is 0 Å². The van der Waals surface area contributed by atoms with Crippen LogP contribution in [0, 0.1) is 0 Å². The molecule has 1 unspecified atom stereocenters. The van der Waals surface area contributed by atoms with Crippen LogP contribution in [-0.2, 0) is 13.7 Å². The lowest BCUT2D eigenvalue weighted by atomic mass is 9.79. The number of hydrogen-bond acceptors (Lipinski definition) is 3. The van der Waals surface area contributed by atoms with Crippen LogP contribution in [-0.4, -0.2) is 28.3 Å². The van der Waals surface area contributed by atoms with Gasteiger partial charge in [0.15, 0.2) is 0 Å². The van der Waals surface area contributed by atoms with E-state index < -0.39 is 8.03 Å². The number of rotatable bonds is 6. The molecule has 0 saturated carbocycles. The first-order valence-corrected chi connectivity index (χ1v) is 4.34. The maximum Gasteiger partial charge on any atom is 0.519 e. The Labute approximate surface area is 64.0 Å². The summed E-state index contributed by atoms with van der Waals surface area (Å²) in [5, 5.41) is 0. The molecule has 0 aliphatic heterocycles. The third-order valence-corrected chi connectivity index (χ3v) is 1.49. The van der Waals surface area contributed by atoms with Crippen LogP contribution >= 0.6 is 8.03 Å². The van der Waals surface area contributed by atoms with Crippen LogP contribution in [0.1, 0.15) is 0 Å². The Kier molecular flexibility index (Phi) is 7.37. The summed E-state index contributed by atoms with van der Waals surface area (Å²) >= 11 is 0. The molecule has 0 bridgehead atoms. The van der Waals surface area contributed by atoms with Crippen LogP contribution in [0.2, 0.25) is 13.1 Å². The van der Waals surface area contributed by atoms with Gasteiger partial charge in [0.05, 0.1) is 0 Å². The smallest absolute Gasteiger partial charge is 0.336 e. The fourth-order valence-corrected chi connectivity index (χ4v) is 0.710. The van der Waals surface area contributed by atoms with Gasteiger partial charge in [-0.3, -0.25) is 0 Å². The number of ether oxygens (including phenoxy) is 1. The molecule has 3 radical (unpaired) electrons. The van der Waals surface area contributed by atoms with Crippen molar-refractivity contribution >= 4 is 23.4 Å². The Morgan fingerprint density at radius 1 is 1.70 bits per heavy atom. The molecule has 3 nitrogen and oxygen atoms in total. The molecule has 0 rings (SSSR count). The van der Waals surface area contributed by atoms with Gasteiger partial charge >= 0.3 is 16.1 Å². The maximum absolute atomic E-state index is 10.4. The minimum Gasteiger partial charge on any atom is -0.336 e. The van der Waals surface area contributed by atoms with Gasteiger partial charge in [0.25, 0.3) is 6.35 Å².